The maximum atomic E-state index is 11.5. The molecular formula is C7H13F4NO. The summed E-state index contributed by atoms with van der Waals surface area (Å²) in [5.41, 5.74) is 0. The summed E-state index contributed by atoms with van der Waals surface area (Å²) in [6.45, 7) is -0.873. The fourth-order valence-corrected chi connectivity index (χ4v) is 0.649. The molecule has 0 amide bonds. The summed E-state index contributed by atoms with van der Waals surface area (Å²) in [6, 6.07) is 0. The molecule has 0 fully saturated rings. The van der Waals surface area contributed by atoms with E-state index in [1.165, 1.54) is 0 Å². The second-order valence-electron chi connectivity index (χ2n) is 2.46. The van der Waals surface area contributed by atoms with E-state index >= 15 is 0 Å². The summed E-state index contributed by atoms with van der Waals surface area (Å²) in [4.78, 5) is 0. The predicted molar refractivity (Wildman–Crippen MR) is 40.3 cm³/mol. The van der Waals surface area contributed by atoms with E-state index in [1.807, 2.05) is 0 Å². The number of nitrogens with one attached hydrogen (secondary N) is 1. The highest BCUT2D eigenvalue weighted by molar-refractivity contribution is 4.48. The van der Waals surface area contributed by atoms with Gasteiger partial charge in [-0.1, -0.05) is 0 Å². The lowest BCUT2D eigenvalue weighted by Gasteiger charge is -2.07. The molecule has 0 aliphatic heterocycles. The van der Waals surface area contributed by atoms with Crippen molar-refractivity contribution < 1.29 is 22.3 Å². The van der Waals surface area contributed by atoms with Crippen LogP contribution in [0.5, 0.6) is 0 Å². The Balaban J connectivity index is 3.00. The molecule has 0 aliphatic carbocycles. The van der Waals surface area contributed by atoms with Crippen molar-refractivity contribution >= 4 is 0 Å². The van der Waals surface area contributed by atoms with E-state index in [-0.39, 0.29) is 6.61 Å². The van der Waals surface area contributed by atoms with Gasteiger partial charge in [0.25, 0.3) is 0 Å². The van der Waals surface area contributed by atoms with Gasteiger partial charge in [-0.15, -0.1) is 0 Å². The highest BCUT2D eigenvalue weighted by Gasteiger charge is 2.26. The first-order valence-corrected chi connectivity index (χ1v) is 3.97. The number of halogens is 4. The number of rotatable bonds is 7. The molecule has 1 N–H and O–H groups in total. The van der Waals surface area contributed by atoms with Crippen LogP contribution in [0.2, 0.25) is 0 Å². The molecule has 80 valence electrons. The number of hydrogen-bond donors (Lipinski definition) is 1. The summed E-state index contributed by atoms with van der Waals surface area (Å²) >= 11 is 0. The zero-order valence-corrected chi connectivity index (χ0v) is 7.16. The largest absolute Gasteiger partial charge is 0.411 e. The predicted octanol–water partition coefficient (Wildman–Crippen LogP) is 1.51. The summed E-state index contributed by atoms with van der Waals surface area (Å²) in [5.74, 6) is 0. The van der Waals surface area contributed by atoms with Gasteiger partial charge >= 0.3 is 6.18 Å². The Bertz CT molecular complexity index is 118. The Morgan fingerprint density at radius 2 is 1.85 bits per heavy atom. The van der Waals surface area contributed by atoms with Gasteiger partial charge in [0.15, 0.2) is 0 Å². The molecule has 6 heteroatoms. The summed E-state index contributed by atoms with van der Waals surface area (Å²) in [5, 5.41) is 2.74. The van der Waals surface area contributed by atoms with Gasteiger partial charge in [-0.2, -0.15) is 13.2 Å². The molecule has 0 atom stereocenters. The Hall–Kier alpha value is -0.360. The van der Waals surface area contributed by atoms with E-state index < -0.39 is 19.5 Å². The van der Waals surface area contributed by atoms with E-state index in [0.29, 0.717) is 19.5 Å². The van der Waals surface area contributed by atoms with Crippen molar-refractivity contribution in [3.63, 3.8) is 0 Å². The molecule has 0 saturated carbocycles. The Labute approximate surface area is 74.3 Å². The van der Waals surface area contributed by atoms with Crippen molar-refractivity contribution in [3.8, 4) is 0 Å². The van der Waals surface area contributed by atoms with E-state index in [0.717, 1.165) is 0 Å². The fraction of sp³-hybridized carbons (Fsp3) is 1.00. The molecule has 0 saturated heterocycles. The zero-order valence-electron chi connectivity index (χ0n) is 7.16. The molecule has 0 aromatic heterocycles. The lowest BCUT2D eigenvalue weighted by Crippen LogP contribution is -2.24. The standard InChI is InChI=1S/C7H13F4NO/c8-2-1-3-12-4-5-13-6-7(9,10)11/h12H,1-6H2. The quantitative estimate of drug-likeness (QED) is 0.500. The average molecular weight is 203 g/mol. The minimum Gasteiger partial charge on any atom is -0.371 e. The van der Waals surface area contributed by atoms with Gasteiger partial charge in [-0.3, -0.25) is 4.39 Å². The van der Waals surface area contributed by atoms with Crippen molar-refractivity contribution in [3.05, 3.63) is 0 Å². The van der Waals surface area contributed by atoms with E-state index in [4.69, 9.17) is 0 Å². The maximum absolute atomic E-state index is 11.5. The SMILES string of the molecule is FCCCNCCOCC(F)(F)F. The number of hydrogen-bond acceptors (Lipinski definition) is 2. The first kappa shape index (κ1) is 12.6. The highest BCUT2D eigenvalue weighted by Crippen LogP contribution is 2.13. The Morgan fingerprint density at radius 1 is 1.15 bits per heavy atom. The third-order valence-electron chi connectivity index (χ3n) is 1.18. The third-order valence-corrected chi connectivity index (χ3v) is 1.18. The third kappa shape index (κ3) is 11.6. The Morgan fingerprint density at radius 3 is 2.38 bits per heavy atom. The van der Waals surface area contributed by atoms with Gasteiger partial charge < -0.3 is 10.1 Å². The molecule has 0 radical (unpaired) electrons. The fourth-order valence-electron chi connectivity index (χ4n) is 0.649. The zero-order chi connectivity index (χ0) is 10.2. The van der Waals surface area contributed by atoms with E-state index in [2.05, 4.69) is 10.1 Å². The summed E-state index contributed by atoms with van der Waals surface area (Å²) in [6.07, 6.45) is -3.89. The van der Waals surface area contributed by atoms with Gasteiger partial charge in [0, 0.05) is 6.54 Å². The molecule has 0 spiro atoms. The van der Waals surface area contributed by atoms with E-state index in [1.54, 1.807) is 0 Å². The van der Waals surface area contributed by atoms with Gasteiger partial charge in [0.05, 0.1) is 13.3 Å². The molecular weight excluding hydrogens is 190 g/mol. The molecule has 13 heavy (non-hydrogen) atoms. The molecule has 0 aromatic rings. The van der Waals surface area contributed by atoms with Crippen molar-refractivity contribution in [2.24, 2.45) is 0 Å². The second kappa shape index (κ2) is 7.08. The van der Waals surface area contributed by atoms with Gasteiger partial charge in [0.2, 0.25) is 0 Å². The van der Waals surface area contributed by atoms with Crippen LogP contribution in [0.25, 0.3) is 0 Å². The van der Waals surface area contributed by atoms with Gasteiger partial charge in [-0.05, 0) is 13.0 Å². The van der Waals surface area contributed by atoms with Crippen LogP contribution < -0.4 is 5.32 Å². The monoisotopic (exact) mass is 203 g/mol. The smallest absolute Gasteiger partial charge is 0.371 e. The Kier molecular flexibility index (Phi) is 6.89. The minimum absolute atomic E-state index is 0.00814. The molecule has 0 rings (SSSR count). The molecule has 0 bridgehead atoms. The first-order chi connectivity index (χ1) is 6.06. The molecule has 0 aromatic carbocycles. The van der Waals surface area contributed by atoms with Crippen LogP contribution in [0.1, 0.15) is 6.42 Å². The van der Waals surface area contributed by atoms with Gasteiger partial charge in [0.1, 0.15) is 6.61 Å². The molecule has 0 aliphatic rings. The maximum Gasteiger partial charge on any atom is 0.411 e. The van der Waals surface area contributed by atoms with Crippen LogP contribution in [0.3, 0.4) is 0 Å². The van der Waals surface area contributed by atoms with Crippen molar-refractivity contribution in [1.82, 2.24) is 5.32 Å². The summed E-state index contributed by atoms with van der Waals surface area (Å²) < 4.78 is 50.3. The van der Waals surface area contributed by atoms with Crippen molar-refractivity contribution in [2.75, 3.05) is 33.0 Å². The van der Waals surface area contributed by atoms with Crippen LogP contribution in [-0.4, -0.2) is 39.2 Å². The molecule has 0 heterocycles. The van der Waals surface area contributed by atoms with Crippen molar-refractivity contribution in [2.45, 2.75) is 12.6 Å². The number of ether oxygens (including phenoxy) is 1. The highest BCUT2D eigenvalue weighted by atomic mass is 19.4. The van der Waals surface area contributed by atoms with E-state index in [9.17, 15) is 17.6 Å². The first-order valence-electron chi connectivity index (χ1n) is 3.97. The summed E-state index contributed by atoms with van der Waals surface area (Å²) in [7, 11) is 0. The van der Waals surface area contributed by atoms with Crippen molar-refractivity contribution in [1.29, 1.82) is 0 Å². The lowest BCUT2D eigenvalue weighted by molar-refractivity contribution is -0.173. The van der Waals surface area contributed by atoms with Gasteiger partial charge in [-0.25, -0.2) is 0 Å². The van der Waals surface area contributed by atoms with Crippen LogP contribution in [-0.2, 0) is 4.74 Å². The lowest BCUT2D eigenvalue weighted by atomic mass is 10.4. The van der Waals surface area contributed by atoms with Crippen LogP contribution >= 0.6 is 0 Å². The average Bonchev–Trinajstić information content (AvgIpc) is 2.01. The number of alkyl halides is 4. The molecule has 0 unspecified atom stereocenters. The van der Waals surface area contributed by atoms with Crippen LogP contribution in [0, 0.1) is 0 Å². The normalized spacial score (nSPS) is 12.0. The molecule has 2 nitrogen and oxygen atoms in total. The topological polar surface area (TPSA) is 21.3 Å². The van der Waals surface area contributed by atoms with Crippen LogP contribution in [0.4, 0.5) is 17.6 Å². The minimum atomic E-state index is -4.26. The van der Waals surface area contributed by atoms with Crippen LogP contribution in [0.15, 0.2) is 0 Å². The second-order valence-corrected chi connectivity index (χ2v) is 2.46.